The Hall–Kier alpha value is -1.29. The van der Waals surface area contributed by atoms with Crippen molar-refractivity contribution in [1.82, 2.24) is 0 Å². The van der Waals surface area contributed by atoms with Crippen molar-refractivity contribution in [1.29, 1.82) is 0 Å². The summed E-state index contributed by atoms with van der Waals surface area (Å²) in [4.78, 5) is 11.9. The van der Waals surface area contributed by atoms with Gasteiger partial charge in [0.2, 0.25) is 0 Å². The summed E-state index contributed by atoms with van der Waals surface area (Å²) in [6.07, 6.45) is -0.0599. The number of aryl methyl sites for hydroxylation is 1. The van der Waals surface area contributed by atoms with Crippen LogP contribution < -0.4 is 0 Å². The number of hydrogen-bond donors (Lipinski definition) is 1. The number of ketones is 1. The molecule has 18 heavy (non-hydrogen) atoms. The summed E-state index contributed by atoms with van der Waals surface area (Å²) in [7, 11) is 0. The van der Waals surface area contributed by atoms with Crippen LogP contribution in [0.3, 0.4) is 0 Å². The number of halogens is 2. The third kappa shape index (κ3) is 2.75. The van der Waals surface area contributed by atoms with E-state index in [-0.39, 0.29) is 17.0 Å². The number of carbonyl (C=O) groups excluding carboxylic acids is 1. The molecule has 0 saturated carbocycles. The van der Waals surface area contributed by atoms with Crippen molar-refractivity contribution < 1.29 is 18.7 Å². The minimum absolute atomic E-state index is 0.140. The maximum atomic E-state index is 13.6. The summed E-state index contributed by atoms with van der Waals surface area (Å²) in [5.74, 6) is -3.19. The predicted octanol–water partition coefficient (Wildman–Crippen LogP) is 3.25. The zero-order chi connectivity index (χ0) is 13.9. The van der Waals surface area contributed by atoms with Gasteiger partial charge in [0.1, 0.15) is 6.10 Å². The molecule has 0 saturated heterocycles. The Kier molecular flexibility index (Phi) is 4.96. The number of hydrogen-bond acceptors (Lipinski definition) is 2. The van der Waals surface area contributed by atoms with Crippen LogP contribution in [-0.4, -0.2) is 17.0 Å². The zero-order valence-electron chi connectivity index (χ0n) is 10.8. The highest BCUT2D eigenvalue weighted by Gasteiger charge is 2.27. The number of aliphatic hydroxyl groups excluding tert-OH is 1. The van der Waals surface area contributed by atoms with Crippen molar-refractivity contribution in [3.8, 4) is 0 Å². The average molecular weight is 256 g/mol. The quantitative estimate of drug-likeness (QED) is 0.821. The molecule has 1 atom stereocenters. The monoisotopic (exact) mass is 256 g/mol. The number of carbonyl (C=O) groups is 1. The van der Waals surface area contributed by atoms with Crippen LogP contribution in [0.4, 0.5) is 8.78 Å². The van der Waals surface area contributed by atoms with E-state index in [9.17, 15) is 18.7 Å². The summed E-state index contributed by atoms with van der Waals surface area (Å²) in [5.41, 5.74) is -0.237. The van der Waals surface area contributed by atoms with Gasteiger partial charge in [-0.1, -0.05) is 32.8 Å². The highest BCUT2D eigenvalue weighted by molar-refractivity contribution is 5.99. The van der Waals surface area contributed by atoms with Gasteiger partial charge < -0.3 is 5.11 Å². The molecule has 1 unspecified atom stereocenters. The molecule has 100 valence electrons. The zero-order valence-corrected chi connectivity index (χ0v) is 10.8. The van der Waals surface area contributed by atoms with Gasteiger partial charge in [-0.2, -0.15) is 0 Å². The van der Waals surface area contributed by atoms with E-state index in [1.165, 1.54) is 19.1 Å². The summed E-state index contributed by atoms with van der Waals surface area (Å²) in [6, 6.07) is 2.56. The van der Waals surface area contributed by atoms with Gasteiger partial charge in [-0.05, 0) is 24.5 Å². The Balaban J connectivity index is 3.08. The number of Topliss-reactive ketones (excluding diaryl/α,β-unsaturated/α-hetero) is 1. The molecule has 0 spiro atoms. The maximum Gasteiger partial charge on any atom is 0.194 e. The molecule has 1 N–H and O–H groups in total. The lowest BCUT2D eigenvalue weighted by Gasteiger charge is -2.19. The standard InChI is InChI=1S/C14H18F2O2/c1-4-9(5-2)13(17)14(18)10-7-6-8(3)11(15)12(10)16/h6-7,9,13,17H,4-5H2,1-3H3. The highest BCUT2D eigenvalue weighted by Crippen LogP contribution is 2.21. The fraction of sp³-hybridized carbons (Fsp3) is 0.500. The highest BCUT2D eigenvalue weighted by atomic mass is 19.2. The van der Waals surface area contributed by atoms with Crippen LogP contribution in [0, 0.1) is 24.5 Å². The van der Waals surface area contributed by atoms with E-state index < -0.39 is 23.5 Å². The Bertz CT molecular complexity index is 440. The van der Waals surface area contributed by atoms with Gasteiger partial charge in [0.25, 0.3) is 0 Å². The van der Waals surface area contributed by atoms with Crippen LogP contribution >= 0.6 is 0 Å². The lowest BCUT2D eigenvalue weighted by molar-refractivity contribution is 0.0583. The van der Waals surface area contributed by atoms with Crippen molar-refractivity contribution in [3.05, 3.63) is 34.9 Å². The Labute approximate surface area is 106 Å². The fourth-order valence-corrected chi connectivity index (χ4v) is 1.94. The fourth-order valence-electron chi connectivity index (χ4n) is 1.94. The van der Waals surface area contributed by atoms with Gasteiger partial charge >= 0.3 is 0 Å². The molecule has 0 aliphatic rings. The lowest BCUT2D eigenvalue weighted by Crippen LogP contribution is -2.30. The molecular formula is C14H18F2O2. The molecule has 0 radical (unpaired) electrons. The molecule has 0 aromatic heterocycles. The van der Waals surface area contributed by atoms with E-state index in [0.29, 0.717) is 12.8 Å². The maximum absolute atomic E-state index is 13.6. The third-order valence-corrected chi connectivity index (χ3v) is 3.30. The number of benzene rings is 1. The van der Waals surface area contributed by atoms with Crippen molar-refractivity contribution in [2.45, 2.75) is 39.7 Å². The lowest BCUT2D eigenvalue weighted by atomic mass is 9.90. The van der Waals surface area contributed by atoms with Gasteiger partial charge in [-0.3, -0.25) is 4.79 Å². The van der Waals surface area contributed by atoms with E-state index in [1.807, 2.05) is 13.8 Å². The second-order valence-corrected chi connectivity index (χ2v) is 4.44. The second-order valence-electron chi connectivity index (χ2n) is 4.44. The van der Waals surface area contributed by atoms with E-state index >= 15 is 0 Å². The minimum Gasteiger partial charge on any atom is -0.385 e. The van der Waals surface area contributed by atoms with Gasteiger partial charge in [0.05, 0.1) is 5.56 Å². The summed E-state index contributed by atoms with van der Waals surface area (Å²) in [5, 5.41) is 9.88. The SMILES string of the molecule is CCC(CC)C(O)C(=O)c1ccc(C)c(F)c1F. The molecule has 0 aliphatic heterocycles. The second kappa shape index (κ2) is 6.05. The molecule has 4 heteroatoms. The van der Waals surface area contributed by atoms with Crippen LogP contribution in [0.5, 0.6) is 0 Å². The van der Waals surface area contributed by atoms with Crippen molar-refractivity contribution in [2.75, 3.05) is 0 Å². The van der Waals surface area contributed by atoms with Crippen LogP contribution in [0.1, 0.15) is 42.6 Å². The smallest absolute Gasteiger partial charge is 0.194 e. The van der Waals surface area contributed by atoms with Gasteiger partial charge in [-0.25, -0.2) is 8.78 Å². The Morgan fingerprint density at radius 3 is 2.28 bits per heavy atom. The molecular weight excluding hydrogens is 238 g/mol. The first kappa shape index (κ1) is 14.8. The van der Waals surface area contributed by atoms with Crippen molar-refractivity contribution in [3.63, 3.8) is 0 Å². The molecule has 0 aliphatic carbocycles. The molecule has 0 fully saturated rings. The van der Waals surface area contributed by atoms with Crippen molar-refractivity contribution >= 4 is 5.78 Å². The van der Waals surface area contributed by atoms with E-state index in [4.69, 9.17) is 0 Å². The van der Waals surface area contributed by atoms with Gasteiger partial charge in [0.15, 0.2) is 17.4 Å². The van der Waals surface area contributed by atoms with Crippen molar-refractivity contribution in [2.24, 2.45) is 5.92 Å². The summed E-state index contributed by atoms with van der Waals surface area (Å²) in [6.45, 7) is 5.11. The van der Waals surface area contributed by atoms with E-state index in [2.05, 4.69) is 0 Å². The first-order valence-corrected chi connectivity index (χ1v) is 6.10. The molecule has 1 aromatic rings. The van der Waals surface area contributed by atoms with E-state index in [1.54, 1.807) is 0 Å². The largest absolute Gasteiger partial charge is 0.385 e. The van der Waals surface area contributed by atoms with Gasteiger partial charge in [-0.15, -0.1) is 0 Å². The molecule has 0 bridgehead atoms. The first-order chi connectivity index (χ1) is 8.43. The molecule has 0 amide bonds. The topological polar surface area (TPSA) is 37.3 Å². The molecule has 2 nitrogen and oxygen atoms in total. The molecule has 1 rings (SSSR count). The van der Waals surface area contributed by atoms with Crippen LogP contribution in [0.2, 0.25) is 0 Å². The minimum atomic E-state index is -1.28. The van der Waals surface area contributed by atoms with Crippen LogP contribution in [0.25, 0.3) is 0 Å². The Morgan fingerprint density at radius 1 is 1.22 bits per heavy atom. The Morgan fingerprint density at radius 2 is 1.78 bits per heavy atom. The molecule has 0 heterocycles. The van der Waals surface area contributed by atoms with Crippen LogP contribution in [-0.2, 0) is 0 Å². The summed E-state index contributed by atoms with van der Waals surface area (Å²) < 4.78 is 27.0. The normalized spacial score (nSPS) is 12.8. The predicted molar refractivity (Wildman–Crippen MR) is 65.5 cm³/mol. The van der Waals surface area contributed by atoms with Gasteiger partial charge in [0, 0.05) is 0 Å². The molecule has 1 aromatic carbocycles. The number of rotatable bonds is 5. The average Bonchev–Trinajstić information content (AvgIpc) is 2.36. The third-order valence-electron chi connectivity index (χ3n) is 3.30. The number of aliphatic hydroxyl groups is 1. The first-order valence-electron chi connectivity index (χ1n) is 6.10. The summed E-state index contributed by atoms with van der Waals surface area (Å²) >= 11 is 0. The van der Waals surface area contributed by atoms with E-state index in [0.717, 1.165) is 0 Å². The van der Waals surface area contributed by atoms with Crippen LogP contribution in [0.15, 0.2) is 12.1 Å².